The van der Waals surface area contributed by atoms with Crippen molar-refractivity contribution in [1.29, 1.82) is 0 Å². The van der Waals surface area contributed by atoms with Gasteiger partial charge in [-0.05, 0) is 24.1 Å². The minimum Gasteiger partial charge on any atom is -0.309 e. The second-order valence-electron chi connectivity index (χ2n) is 4.79. The van der Waals surface area contributed by atoms with Gasteiger partial charge in [0.2, 0.25) is 0 Å². The number of hydrogen-bond acceptors (Lipinski definition) is 3. The number of benzene rings is 1. The summed E-state index contributed by atoms with van der Waals surface area (Å²) < 4.78 is 73.2. The summed E-state index contributed by atoms with van der Waals surface area (Å²) in [4.78, 5) is 0. The number of rotatable bonds is 3. The van der Waals surface area contributed by atoms with Crippen LogP contribution in [0.5, 0.6) is 0 Å². The first-order valence-electron chi connectivity index (χ1n) is 5.97. The second-order valence-corrected chi connectivity index (χ2v) is 7.02. The topological polar surface area (TPSA) is 46.2 Å². The van der Waals surface area contributed by atoms with E-state index >= 15 is 0 Å². The SMILES string of the molecule is O=S1(=O)CCC(NCc2ccc(F)c(C(F)(F)F)c2)C1. The van der Waals surface area contributed by atoms with E-state index in [1.54, 1.807) is 0 Å². The third kappa shape index (κ3) is 3.69. The Morgan fingerprint density at radius 2 is 2.00 bits per heavy atom. The molecule has 0 radical (unpaired) electrons. The van der Waals surface area contributed by atoms with Gasteiger partial charge in [-0.25, -0.2) is 12.8 Å². The van der Waals surface area contributed by atoms with Gasteiger partial charge in [-0.15, -0.1) is 0 Å². The molecule has 2 rings (SSSR count). The number of sulfone groups is 1. The van der Waals surface area contributed by atoms with Crippen molar-refractivity contribution >= 4 is 9.84 Å². The van der Waals surface area contributed by atoms with Crippen LogP contribution >= 0.6 is 0 Å². The van der Waals surface area contributed by atoms with E-state index in [9.17, 15) is 26.0 Å². The van der Waals surface area contributed by atoms with Crippen LogP contribution in [0.25, 0.3) is 0 Å². The van der Waals surface area contributed by atoms with E-state index in [0.29, 0.717) is 6.42 Å². The Balaban J connectivity index is 2.04. The molecule has 1 atom stereocenters. The third-order valence-electron chi connectivity index (χ3n) is 3.16. The molecule has 1 saturated heterocycles. The van der Waals surface area contributed by atoms with Gasteiger partial charge in [-0.1, -0.05) is 6.07 Å². The van der Waals surface area contributed by atoms with E-state index in [-0.39, 0.29) is 29.7 Å². The number of hydrogen-bond donors (Lipinski definition) is 1. The molecule has 1 aromatic rings. The maximum atomic E-state index is 13.1. The van der Waals surface area contributed by atoms with Crippen LogP contribution < -0.4 is 5.32 Å². The number of halogens is 4. The highest BCUT2D eigenvalue weighted by molar-refractivity contribution is 7.91. The van der Waals surface area contributed by atoms with E-state index in [1.807, 2.05) is 0 Å². The van der Waals surface area contributed by atoms with Gasteiger partial charge in [-0.3, -0.25) is 0 Å². The highest BCUT2D eigenvalue weighted by Gasteiger charge is 2.34. The molecule has 20 heavy (non-hydrogen) atoms. The van der Waals surface area contributed by atoms with Gasteiger partial charge >= 0.3 is 6.18 Å². The van der Waals surface area contributed by atoms with Crippen LogP contribution in [0.3, 0.4) is 0 Å². The normalized spacial score (nSPS) is 22.1. The van der Waals surface area contributed by atoms with Gasteiger partial charge in [0.1, 0.15) is 5.82 Å². The average molecular weight is 311 g/mol. The largest absolute Gasteiger partial charge is 0.419 e. The Labute approximate surface area is 113 Å². The van der Waals surface area contributed by atoms with Gasteiger partial charge in [-0.2, -0.15) is 13.2 Å². The van der Waals surface area contributed by atoms with Crippen LogP contribution in [0.2, 0.25) is 0 Å². The van der Waals surface area contributed by atoms with E-state index in [1.165, 1.54) is 6.07 Å². The summed E-state index contributed by atoms with van der Waals surface area (Å²) in [5, 5.41) is 2.88. The van der Waals surface area contributed by atoms with Crippen LogP contribution in [0.4, 0.5) is 17.6 Å². The summed E-state index contributed by atoms with van der Waals surface area (Å²) in [6, 6.07) is 2.50. The molecule has 0 bridgehead atoms. The molecular weight excluding hydrogens is 298 g/mol. The van der Waals surface area contributed by atoms with Crippen LogP contribution in [0.1, 0.15) is 17.5 Å². The molecule has 1 heterocycles. The lowest BCUT2D eigenvalue weighted by atomic mass is 10.1. The zero-order valence-electron chi connectivity index (χ0n) is 10.4. The molecule has 1 unspecified atom stereocenters. The van der Waals surface area contributed by atoms with Crippen LogP contribution in [-0.2, 0) is 22.6 Å². The molecule has 1 fully saturated rings. The summed E-state index contributed by atoms with van der Waals surface area (Å²) in [6.45, 7) is 0.0730. The Morgan fingerprint density at radius 3 is 2.55 bits per heavy atom. The fraction of sp³-hybridized carbons (Fsp3) is 0.500. The van der Waals surface area contributed by atoms with Crippen LogP contribution in [0, 0.1) is 5.82 Å². The number of alkyl halides is 3. The van der Waals surface area contributed by atoms with Gasteiger partial charge < -0.3 is 5.32 Å². The van der Waals surface area contributed by atoms with E-state index in [0.717, 1.165) is 12.1 Å². The molecule has 0 saturated carbocycles. The molecular formula is C12H13F4NO2S. The lowest BCUT2D eigenvalue weighted by molar-refractivity contribution is -0.140. The molecule has 3 nitrogen and oxygen atoms in total. The lowest BCUT2D eigenvalue weighted by Crippen LogP contribution is -2.29. The fourth-order valence-electron chi connectivity index (χ4n) is 2.12. The first kappa shape index (κ1) is 15.2. The maximum absolute atomic E-state index is 13.1. The van der Waals surface area contributed by atoms with Crippen molar-refractivity contribution < 1.29 is 26.0 Å². The van der Waals surface area contributed by atoms with Crippen molar-refractivity contribution in [3.63, 3.8) is 0 Å². The highest BCUT2D eigenvalue weighted by Crippen LogP contribution is 2.31. The van der Waals surface area contributed by atoms with Crippen molar-refractivity contribution in [2.45, 2.75) is 25.2 Å². The number of nitrogens with one attached hydrogen (secondary N) is 1. The van der Waals surface area contributed by atoms with Crippen molar-refractivity contribution in [2.75, 3.05) is 11.5 Å². The predicted octanol–water partition coefficient (Wildman–Crippen LogP) is 2.12. The summed E-state index contributed by atoms with van der Waals surface area (Å²) in [6.07, 6.45) is -4.30. The first-order chi connectivity index (χ1) is 9.17. The molecule has 1 aliphatic heterocycles. The average Bonchev–Trinajstić information content (AvgIpc) is 2.66. The lowest BCUT2D eigenvalue weighted by Gasteiger charge is -2.13. The van der Waals surface area contributed by atoms with Crippen molar-refractivity contribution in [1.82, 2.24) is 5.32 Å². The Morgan fingerprint density at radius 1 is 1.30 bits per heavy atom. The Bertz CT molecular complexity index is 598. The van der Waals surface area contributed by atoms with Gasteiger partial charge in [0.25, 0.3) is 0 Å². The molecule has 1 N–H and O–H groups in total. The summed E-state index contributed by atoms with van der Waals surface area (Å²) in [7, 11) is -3.04. The van der Waals surface area contributed by atoms with E-state index in [2.05, 4.69) is 5.32 Å². The predicted molar refractivity (Wildman–Crippen MR) is 65.3 cm³/mol. The minimum atomic E-state index is -4.74. The minimum absolute atomic E-state index is 0.0136. The van der Waals surface area contributed by atoms with E-state index in [4.69, 9.17) is 0 Å². The van der Waals surface area contributed by atoms with Gasteiger partial charge in [0, 0.05) is 12.6 Å². The molecule has 1 aliphatic rings. The third-order valence-corrected chi connectivity index (χ3v) is 4.93. The maximum Gasteiger partial charge on any atom is 0.419 e. The first-order valence-corrected chi connectivity index (χ1v) is 7.79. The van der Waals surface area contributed by atoms with Gasteiger partial charge in [0.15, 0.2) is 9.84 Å². The Kier molecular flexibility index (Phi) is 4.06. The zero-order valence-corrected chi connectivity index (χ0v) is 11.2. The molecule has 8 heteroatoms. The summed E-state index contributed by atoms with van der Waals surface area (Å²) in [5.41, 5.74) is -1.04. The molecule has 112 valence electrons. The summed E-state index contributed by atoms with van der Waals surface area (Å²) in [5.74, 6) is -1.24. The summed E-state index contributed by atoms with van der Waals surface area (Å²) >= 11 is 0. The molecule has 1 aromatic carbocycles. The molecule has 0 amide bonds. The molecule has 0 aromatic heterocycles. The highest BCUT2D eigenvalue weighted by atomic mass is 32.2. The van der Waals surface area contributed by atoms with Gasteiger partial charge in [0.05, 0.1) is 17.1 Å². The van der Waals surface area contributed by atoms with E-state index < -0.39 is 27.4 Å². The fourth-order valence-corrected chi connectivity index (χ4v) is 3.83. The Hall–Kier alpha value is -1.15. The zero-order chi connectivity index (χ0) is 15.0. The monoisotopic (exact) mass is 311 g/mol. The quantitative estimate of drug-likeness (QED) is 0.870. The smallest absolute Gasteiger partial charge is 0.309 e. The van der Waals surface area contributed by atoms with Crippen LogP contribution in [0.15, 0.2) is 18.2 Å². The standard InChI is InChI=1S/C12H13F4NO2S/c13-11-2-1-8(5-10(11)12(14,15)16)6-17-9-3-4-20(18,19)7-9/h1-2,5,9,17H,3-4,6-7H2. The second kappa shape index (κ2) is 5.33. The molecule has 0 spiro atoms. The molecule has 0 aliphatic carbocycles. The van der Waals surface area contributed by atoms with Crippen molar-refractivity contribution in [3.05, 3.63) is 35.1 Å². The van der Waals surface area contributed by atoms with Crippen LogP contribution in [-0.4, -0.2) is 26.0 Å². The van der Waals surface area contributed by atoms with Crippen molar-refractivity contribution in [2.24, 2.45) is 0 Å². The van der Waals surface area contributed by atoms with Crippen molar-refractivity contribution in [3.8, 4) is 0 Å².